The Balaban J connectivity index is 1.61. The fourth-order valence-electron chi connectivity index (χ4n) is 4.83. The van der Waals surface area contributed by atoms with Crippen molar-refractivity contribution in [1.29, 1.82) is 0 Å². The van der Waals surface area contributed by atoms with Gasteiger partial charge >= 0.3 is 0 Å². The molecule has 2 aromatic carbocycles. The lowest BCUT2D eigenvalue weighted by Crippen LogP contribution is -2.27. The lowest BCUT2D eigenvalue weighted by Gasteiger charge is -2.16. The summed E-state index contributed by atoms with van der Waals surface area (Å²) in [4.78, 5) is 13.4. The lowest BCUT2D eigenvalue weighted by molar-refractivity contribution is 0.0936. The fourth-order valence-corrected chi connectivity index (χ4v) is 5.36. The number of pyridine rings is 1. The molecule has 0 bridgehead atoms. The predicted molar refractivity (Wildman–Crippen MR) is 134 cm³/mol. The average molecular weight is 478 g/mol. The smallest absolute Gasteiger partial charge is 0.251 e. The zero-order valence-electron chi connectivity index (χ0n) is 18.8. The van der Waals surface area contributed by atoms with Crippen LogP contribution in [0.2, 0.25) is 10.0 Å². The average Bonchev–Trinajstić information content (AvgIpc) is 3.32. The van der Waals surface area contributed by atoms with Crippen LogP contribution in [0, 0.1) is 6.92 Å². The highest BCUT2D eigenvalue weighted by Crippen LogP contribution is 2.35. The Bertz CT molecular complexity index is 1370. The van der Waals surface area contributed by atoms with Gasteiger partial charge in [-0.1, -0.05) is 61.3 Å². The highest BCUT2D eigenvalue weighted by atomic mass is 35.5. The van der Waals surface area contributed by atoms with Crippen molar-refractivity contribution in [3.05, 3.63) is 92.7 Å². The Hall–Kier alpha value is -2.82. The van der Waals surface area contributed by atoms with E-state index < -0.39 is 0 Å². The molecule has 0 saturated carbocycles. The first-order valence-corrected chi connectivity index (χ1v) is 12.0. The van der Waals surface area contributed by atoms with E-state index in [9.17, 15) is 4.79 Å². The van der Waals surface area contributed by atoms with Crippen molar-refractivity contribution in [3.8, 4) is 11.1 Å². The van der Waals surface area contributed by atoms with Crippen LogP contribution in [-0.4, -0.2) is 15.5 Å². The number of hydrogen-bond acceptors (Lipinski definition) is 2. The quantitative estimate of drug-likeness (QED) is 0.338. The molecule has 0 saturated heterocycles. The summed E-state index contributed by atoms with van der Waals surface area (Å²) >= 11 is 12.6. The van der Waals surface area contributed by atoms with Crippen molar-refractivity contribution in [1.82, 2.24) is 14.9 Å². The highest BCUT2D eigenvalue weighted by molar-refractivity contribution is 6.35. The monoisotopic (exact) mass is 477 g/mol. The van der Waals surface area contributed by atoms with Gasteiger partial charge in [0.15, 0.2) is 0 Å². The van der Waals surface area contributed by atoms with Crippen molar-refractivity contribution in [2.45, 2.75) is 45.6 Å². The molecule has 1 aliphatic rings. The summed E-state index contributed by atoms with van der Waals surface area (Å²) in [6, 6.07) is 17.7. The topological polar surface area (TPSA) is 46.4 Å². The molecule has 1 amide bonds. The maximum Gasteiger partial charge on any atom is 0.251 e. The van der Waals surface area contributed by atoms with E-state index in [1.165, 1.54) is 11.1 Å². The molecule has 4 nitrogen and oxygen atoms in total. The predicted octanol–water partition coefficient (Wildman–Crippen LogP) is 7.16. The van der Waals surface area contributed by atoms with E-state index in [0.717, 1.165) is 40.9 Å². The second-order valence-electron chi connectivity index (χ2n) is 9.00. The zero-order chi connectivity index (χ0) is 23.3. The van der Waals surface area contributed by atoms with Crippen LogP contribution < -0.4 is 5.32 Å². The highest BCUT2D eigenvalue weighted by Gasteiger charge is 2.25. The molecule has 0 unspecified atom stereocenters. The molecule has 0 radical (unpaired) electrons. The number of aryl methyl sites for hydroxylation is 2. The minimum Gasteiger partial charge on any atom is -0.345 e. The molecule has 1 atom stereocenters. The van der Waals surface area contributed by atoms with Gasteiger partial charge in [0.2, 0.25) is 0 Å². The molecule has 0 spiro atoms. The van der Waals surface area contributed by atoms with Crippen LogP contribution in [0.15, 0.2) is 54.6 Å². The van der Waals surface area contributed by atoms with Crippen LogP contribution in [0.25, 0.3) is 16.6 Å². The Labute approximate surface area is 203 Å². The van der Waals surface area contributed by atoms with Gasteiger partial charge < -0.3 is 5.32 Å². The first-order chi connectivity index (χ1) is 15.8. The second-order valence-corrected chi connectivity index (χ2v) is 9.88. The molecule has 0 aliphatic heterocycles. The van der Waals surface area contributed by atoms with Gasteiger partial charge in [-0.2, -0.15) is 5.10 Å². The molecule has 1 N–H and O–H groups in total. The molecule has 2 aromatic heterocycles. The number of fused-ring (bicyclic) bond motifs is 2. The number of halogens is 2. The summed E-state index contributed by atoms with van der Waals surface area (Å²) < 4.78 is 1.94. The molecule has 2 heterocycles. The van der Waals surface area contributed by atoms with Gasteiger partial charge in [0.05, 0.1) is 17.3 Å². The molecule has 1 aliphatic carbocycles. The molecule has 0 fully saturated rings. The molecular weight excluding hydrogens is 453 g/mol. The summed E-state index contributed by atoms with van der Waals surface area (Å²) in [7, 11) is 0. The first-order valence-electron chi connectivity index (χ1n) is 11.2. The number of benzene rings is 2. The van der Waals surface area contributed by atoms with E-state index in [1.54, 1.807) is 6.07 Å². The number of carbonyl (C=O) groups excluding carboxylic acids is 1. The molecule has 4 aromatic rings. The van der Waals surface area contributed by atoms with E-state index in [-0.39, 0.29) is 17.9 Å². The number of nitrogens with one attached hydrogen (secondary N) is 1. The summed E-state index contributed by atoms with van der Waals surface area (Å²) in [5.74, 6) is 0.109. The van der Waals surface area contributed by atoms with Gasteiger partial charge in [-0.25, -0.2) is 4.52 Å². The molecule has 6 heteroatoms. The number of nitrogens with zero attached hydrogens (tertiary/aromatic N) is 2. The molecule has 168 valence electrons. The molecular formula is C27H25Cl2N3O. The van der Waals surface area contributed by atoms with Crippen LogP contribution in [0.5, 0.6) is 0 Å². The number of rotatable bonds is 4. The maximum atomic E-state index is 13.4. The number of aromatic nitrogens is 2. The maximum absolute atomic E-state index is 13.4. The van der Waals surface area contributed by atoms with Crippen molar-refractivity contribution in [3.63, 3.8) is 0 Å². The minimum atomic E-state index is -0.0740. The van der Waals surface area contributed by atoms with Crippen molar-refractivity contribution >= 4 is 34.6 Å². The van der Waals surface area contributed by atoms with Crippen LogP contribution in [0.3, 0.4) is 0 Å². The Morgan fingerprint density at radius 1 is 1.09 bits per heavy atom. The number of hydrogen-bond donors (Lipinski definition) is 1. The van der Waals surface area contributed by atoms with Crippen LogP contribution in [0.4, 0.5) is 0 Å². The molecule has 33 heavy (non-hydrogen) atoms. The Morgan fingerprint density at radius 2 is 1.82 bits per heavy atom. The van der Waals surface area contributed by atoms with Crippen LogP contribution >= 0.6 is 23.2 Å². The lowest BCUT2D eigenvalue weighted by atomic mass is 10.0. The summed E-state index contributed by atoms with van der Waals surface area (Å²) in [5, 5.41) is 9.19. The van der Waals surface area contributed by atoms with Crippen molar-refractivity contribution in [2.75, 3.05) is 0 Å². The fraction of sp³-hybridized carbons (Fsp3) is 0.259. The van der Waals surface area contributed by atoms with E-state index >= 15 is 0 Å². The van der Waals surface area contributed by atoms with Crippen LogP contribution in [-0.2, 0) is 6.42 Å². The normalized spacial score (nSPS) is 15.3. The van der Waals surface area contributed by atoms with Gasteiger partial charge in [-0.05, 0) is 72.7 Å². The zero-order valence-corrected chi connectivity index (χ0v) is 20.3. The third kappa shape index (κ3) is 4.03. The number of carbonyl (C=O) groups is 1. The van der Waals surface area contributed by atoms with E-state index in [2.05, 4.69) is 37.4 Å². The Kier molecular flexibility index (Phi) is 5.67. The van der Waals surface area contributed by atoms with Gasteiger partial charge in [0.25, 0.3) is 5.91 Å². The van der Waals surface area contributed by atoms with Crippen molar-refractivity contribution in [2.24, 2.45) is 0 Å². The minimum absolute atomic E-state index is 0.0327. The first kappa shape index (κ1) is 22.0. The summed E-state index contributed by atoms with van der Waals surface area (Å²) in [6.45, 7) is 6.18. The van der Waals surface area contributed by atoms with Gasteiger partial charge in [-0.15, -0.1) is 0 Å². The van der Waals surface area contributed by atoms with E-state index in [4.69, 9.17) is 28.3 Å². The SMILES string of the molecule is Cc1nn2c(C(C)C)cc(C(=O)N[C@H]3CCc4ccccc43)cc2c1-c1cc(Cl)cc(Cl)c1. The second kappa shape index (κ2) is 8.51. The summed E-state index contributed by atoms with van der Waals surface area (Å²) in [5.41, 5.74) is 7.68. The largest absolute Gasteiger partial charge is 0.345 e. The summed E-state index contributed by atoms with van der Waals surface area (Å²) in [6.07, 6.45) is 1.90. The van der Waals surface area contributed by atoms with E-state index in [1.807, 2.05) is 41.8 Å². The van der Waals surface area contributed by atoms with Gasteiger partial charge in [0, 0.05) is 26.9 Å². The molecule has 5 rings (SSSR count). The number of amides is 1. The third-order valence-corrected chi connectivity index (χ3v) is 6.82. The Morgan fingerprint density at radius 3 is 2.55 bits per heavy atom. The van der Waals surface area contributed by atoms with Gasteiger partial charge in [-0.3, -0.25) is 4.79 Å². The standard InChI is InChI=1S/C27H25Cl2N3O/c1-15(2)24-12-19(27(33)30-23-9-8-17-6-4-5-7-22(17)23)13-25-26(16(3)31-32(24)25)18-10-20(28)14-21(29)11-18/h4-7,10-15,23H,8-9H2,1-3H3,(H,30,33)/t23-/m0/s1. The van der Waals surface area contributed by atoms with Crippen LogP contribution in [0.1, 0.15) is 65.1 Å². The van der Waals surface area contributed by atoms with Crippen molar-refractivity contribution < 1.29 is 4.79 Å². The third-order valence-electron chi connectivity index (χ3n) is 6.38. The van der Waals surface area contributed by atoms with E-state index in [0.29, 0.717) is 15.6 Å². The van der Waals surface area contributed by atoms with Gasteiger partial charge in [0.1, 0.15) is 0 Å².